The minimum atomic E-state index is -1.22. The second-order valence-corrected chi connectivity index (χ2v) is 3.96. The maximum Gasteiger partial charge on any atom is 0.337 e. The van der Waals surface area contributed by atoms with E-state index in [0.717, 1.165) is 6.20 Å². The number of pyridine rings is 1. The highest BCUT2D eigenvalue weighted by atomic mass is 16.4. The van der Waals surface area contributed by atoms with Crippen LogP contribution < -0.4 is 11.1 Å². The molecule has 2 aromatic rings. The first-order valence-corrected chi connectivity index (χ1v) is 5.56. The van der Waals surface area contributed by atoms with Crippen molar-refractivity contribution in [2.24, 2.45) is 0 Å². The number of rotatable bonds is 3. The zero-order valence-corrected chi connectivity index (χ0v) is 10.2. The molecule has 1 aromatic heterocycles. The molecule has 1 aromatic carbocycles. The number of aromatic carboxylic acids is 1. The van der Waals surface area contributed by atoms with Gasteiger partial charge in [-0.3, -0.25) is 9.78 Å². The lowest BCUT2D eigenvalue weighted by Crippen LogP contribution is -2.15. The Balaban J connectivity index is 2.33. The smallest absolute Gasteiger partial charge is 0.337 e. The number of benzene rings is 1. The number of aromatic hydroxyl groups is 1. The van der Waals surface area contributed by atoms with Gasteiger partial charge in [0.1, 0.15) is 5.75 Å². The molecule has 0 spiro atoms. The highest BCUT2D eigenvalue weighted by Gasteiger charge is 2.16. The summed E-state index contributed by atoms with van der Waals surface area (Å²) < 4.78 is 0. The van der Waals surface area contributed by atoms with Gasteiger partial charge in [-0.25, -0.2) is 4.79 Å². The van der Waals surface area contributed by atoms with Gasteiger partial charge in [-0.05, 0) is 24.3 Å². The lowest BCUT2D eigenvalue weighted by molar-refractivity contribution is 0.0698. The molecule has 1 amide bonds. The highest BCUT2D eigenvalue weighted by Crippen LogP contribution is 2.21. The van der Waals surface area contributed by atoms with E-state index in [1.54, 1.807) is 0 Å². The minimum Gasteiger partial charge on any atom is -0.505 e. The van der Waals surface area contributed by atoms with E-state index in [4.69, 9.17) is 10.8 Å². The number of nitrogens with two attached hydrogens (primary N) is 1. The fourth-order valence-corrected chi connectivity index (χ4v) is 1.62. The van der Waals surface area contributed by atoms with Gasteiger partial charge in [-0.2, -0.15) is 0 Å². The fourth-order valence-electron chi connectivity index (χ4n) is 1.62. The number of hydrogen-bond acceptors (Lipinski definition) is 5. The molecular weight excluding hydrogens is 262 g/mol. The summed E-state index contributed by atoms with van der Waals surface area (Å²) in [6.45, 7) is 0. The number of anilines is 2. The van der Waals surface area contributed by atoms with Crippen molar-refractivity contribution in [3.05, 3.63) is 47.8 Å². The molecule has 7 nitrogen and oxygen atoms in total. The van der Waals surface area contributed by atoms with Crippen molar-refractivity contribution in [3.63, 3.8) is 0 Å². The standard InChI is InChI=1S/C13H11N3O4/c14-7-1-2-10(9(5-7)13(19)20)16-12(18)8-3-4-15-6-11(8)17/h1-6,17H,14H2,(H,16,18)(H,19,20). The van der Waals surface area contributed by atoms with Gasteiger partial charge in [0.05, 0.1) is 23.0 Å². The number of aromatic nitrogens is 1. The predicted molar refractivity (Wildman–Crippen MR) is 71.7 cm³/mol. The lowest BCUT2D eigenvalue weighted by Gasteiger charge is -2.09. The molecular formula is C13H11N3O4. The Morgan fingerprint density at radius 3 is 2.60 bits per heavy atom. The van der Waals surface area contributed by atoms with Crippen LogP contribution in [0.25, 0.3) is 0 Å². The number of carbonyl (C=O) groups excluding carboxylic acids is 1. The highest BCUT2D eigenvalue weighted by molar-refractivity contribution is 6.09. The van der Waals surface area contributed by atoms with Crippen molar-refractivity contribution >= 4 is 23.3 Å². The fraction of sp³-hybridized carbons (Fsp3) is 0. The van der Waals surface area contributed by atoms with E-state index in [-0.39, 0.29) is 28.3 Å². The van der Waals surface area contributed by atoms with Gasteiger partial charge < -0.3 is 21.3 Å². The van der Waals surface area contributed by atoms with E-state index < -0.39 is 11.9 Å². The largest absolute Gasteiger partial charge is 0.505 e. The average Bonchev–Trinajstić information content (AvgIpc) is 2.41. The molecule has 0 saturated heterocycles. The Morgan fingerprint density at radius 1 is 1.20 bits per heavy atom. The van der Waals surface area contributed by atoms with E-state index in [1.807, 2.05) is 0 Å². The molecule has 1 heterocycles. The molecule has 0 bridgehead atoms. The zero-order chi connectivity index (χ0) is 14.7. The minimum absolute atomic E-state index is 0.00633. The zero-order valence-electron chi connectivity index (χ0n) is 10.2. The Hall–Kier alpha value is -3.09. The van der Waals surface area contributed by atoms with Crippen LogP contribution in [-0.4, -0.2) is 27.1 Å². The van der Waals surface area contributed by atoms with Crippen molar-refractivity contribution < 1.29 is 19.8 Å². The Kier molecular flexibility index (Phi) is 3.52. The van der Waals surface area contributed by atoms with Gasteiger partial charge in [-0.1, -0.05) is 0 Å². The van der Waals surface area contributed by atoms with Crippen LogP contribution in [0.1, 0.15) is 20.7 Å². The van der Waals surface area contributed by atoms with Crippen LogP contribution in [0, 0.1) is 0 Å². The molecule has 2 rings (SSSR count). The topological polar surface area (TPSA) is 126 Å². The van der Waals surface area contributed by atoms with Crippen molar-refractivity contribution in [1.29, 1.82) is 0 Å². The Morgan fingerprint density at radius 2 is 1.95 bits per heavy atom. The van der Waals surface area contributed by atoms with Gasteiger partial charge in [0.15, 0.2) is 0 Å². The molecule has 20 heavy (non-hydrogen) atoms. The maximum atomic E-state index is 12.0. The van der Waals surface area contributed by atoms with Crippen LogP contribution in [0.15, 0.2) is 36.7 Å². The van der Waals surface area contributed by atoms with E-state index >= 15 is 0 Å². The molecule has 0 unspecified atom stereocenters. The molecule has 0 saturated carbocycles. The predicted octanol–water partition coefficient (Wildman–Crippen LogP) is 1.32. The van der Waals surface area contributed by atoms with Crippen molar-refractivity contribution in [3.8, 4) is 5.75 Å². The molecule has 0 atom stereocenters. The summed E-state index contributed by atoms with van der Waals surface area (Å²) in [5.41, 5.74) is 5.73. The van der Waals surface area contributed by atoms with Gasteiger partial charge >= 0.3 is 5.97 Å². The van der Waals surface area contributed by atoms with Crippen LogP contribution in [0.3, 0.4) is 0 Å². The van der Waals surface area contributed by atoms with Crippen LogP contribution in [0.2, 0.25) is 0 Å². The first-order chi connectivity index (χ1) is 9.49. The number of nitrogen functional groups attached to an aromatic ring is 1. The molecule has 0 radical (unpaired) electrons. The quantitative estimate of drug-likeness (QED) is 0.625. The first kappa shape index (κ1) is 13.3. The third-order valence-electron chi connectivity index (χ3n) is 2.57. The molecule has 0 aliphatic rings. The van der Waals surface area contributed by atoms with Crippen LogP contribution in [0.4, 0.5) is 11.4 Å². The number of nitrogens with zero attached hydrogens (tertiary/aromatic N) is 1. The maximum absolute atomic E-state index is 12.0. The number of carbonyl (C=O) groups is 2. The number of nitrogens with one attached hydrogen (secondary N) is 1. The van der Waals surface area contributed by atoms with Crippen LogP contribution in [0.5, 0.6) is 5.75 Å². The summed E-state index contributed by atoms with van der Waals surface area (Å²) in [5, 5.41) is 21.0. The SMILES string of the molecule is Nc1ccc(NC(=O)c2ccncc2O)c(C(=O)O)c1. The Labute approximate surface area is 113 Å². The van der Waals surface area contributed by atoms with Crippen molar-refractivity contribution in [2.75, 3.05) is 11.1 Å². The number of carboxylic acids is 1. The lowest BCUT2D eigenvalue weighted by atomic mass is 10.1. The summed E-state index contributed by atoms with van der Waals surface area (Å²) >= 11 is 0. The molecule has 5 N–H and O–H groups in total. The second-order valence-electron chi connectivity index (χ2n) is 3.96. The summed E-state index contributed by atoms with van der Waals surface area (Å²) in [6, 6.07) is 5.41. The van der Waals surface area contributed by atoms with E-state index in [0.29, 0.717) is 0 Å². The van der Waals surface area contributed by atoms with E-state index in [1.165, 1.54) is 30.5 Å². The second kappa shape index (κ2) is 5.27. The van der Waals surface area contributed by atoms with E-state index in [9.17, 15) is 14.7 Å². The Bertz CT molecular complexity index is 685. The van der Waals surface area contributed by atoms with E-state index in [2.05, 4.69) is 10.3 Å². The van der Waals surface area contributed by atoms with Crippen molar-refractivity contribution in [2.45, 2.75) is 0 Å². The van der Waals surface area contributed by atoms with Crippen molar-refractivity contribution in [1.82, 2.24) is 4.98 Å². The number of hydrogen-bond donors (Lipinski definition) is 4. The monoisotopic (exact) mass is 273 g/mol. The van der Waals surface area contributed by atoms with Gasteiger partial charge in [-0.15, -0.1) is 0 Å². The number of carboxylic acid groups (broad SMARTS) is 1. The first-order valence-electron chi connectivity index (χ1n) is 5.56. The summed E-state index contributed by atoms with van der Waals surface area (Å²) in [5.74, 6) is -2.15. The normalized spacial score (nSPS) is 10.0. The molecule has 0 aliphatic heterocycles. The third kappa shape index (κ3) is 2.66. The van der Waals surface area contributed by atoms with Crippen LogP contribution >= 0.6 is 0 Å². The summed E-state index contributed by atoms with van der Waals surface area (Å²) in [6.07, 6.45) is 2.46. The van der Waals surface area contributed by atoms with Gasteiger partial charge in [0, 0.05) is 11.9 Å². The van der Waals surface area contributed by atoms with Gasteiger partial charge in [0.25, 0.3) is 5.91 Å². The van der Waals surface area contributed by atoms with Gasteiger partial charge in [0.2, 0.25) is 0 Å². The number of amides is 1. The molecule has 102 valence electrons. The van der Waals surface area contributed by atoms with Crippen LogP contribution in [-0.2, 0) is 0 Å². The molecule has 0 fully saturated rings. The molecule has 7 heteroatoms. The summed E-state index contributed by atoms with van der Waals surface area (Å²) in [7, 11) is 0. The average molecular weight is 273 g/mol. The third-order valence-corrected chi connectivity index (χ3v) is 2.57. The summed E-state index contributed by atoms with van der Waals surface area (Å²) in [4.78, 5) is 26.7. The molecule has 0 aliphatic carbocycles.